The second-order valence-electron chi connectivity index (χ2n) is 5.54. The van der Waals surface area contributed by atoms with Crippen LogP contribution in [0.2, 0.25) is 0 Å². The molecule has 14 heavy (non-hydrogen) atoms. The second kappa shape index (κ2) is 4.04. The average Bonchev–Trinajstić information content (AvgIpc) is 2.88. The SMILES string of the molecule is CC(C)CCC(=O)C1C2CCCCC21. The molecule has 2 unspecified atom stereocenters. The number of carbonyl (C=O) groups excluding carboxylic acids is 1. The molecule has 2 rings (SSSR count). The summed E-state index contributed by atoms with van der Waals surface area (Å²) in [6.45, 7) is 4.40. The third-order valence-electron chi connectivity index (χ3n) is 4.00. The van der Waals surface area contributed by atoms with Gasteiger partial charge < -0.3 is 0 Å². The van der Waals surface area contributed by atoms with Crippen LogP contribution in [-0.2, 0) is 4.79 Å². The fraction of sp³-hybridized carbons (Fsp3) is 0.923. The minimum Gasteiger partial charge on any atom is -0.299 e. The molecule has 0 aromatic rings. The molecular formula is C13H22O. The van der Waals surface area contributed by atoms with Gasteiger partial charge in [0.25, 0.3) is 0 Å². The fourth-order valence-electron chi connectivity index (χ4n) is 3.07. The number of fused-ring (bicyclic) bond motifs is 1. The molecule has 0 bridgehead atoms. The Labute approximate surface area is 87.3 Å². The molecule has 0 aromatic carbocycles. The summed E-state index contributed by atoms with van der Waals surface area (Å²) in [6.07, 6.45) is 7.35. The van der Waals surface area contributed by atoms with Gasteiger partial charge in [-0.15, -0.1) is 0 Å². The van der Waals surface area contributed by atoms with Gasteiger partial charge in [-0.2, -0.15) is 0 Å². The summed E-state index contributed by atoms with van der Waals surface area (Å²) in [5.41, 5.74) is 0. The first kappa shape index (κ1) is 10.2. The van der Waals surface area contributed by atoms with Crippen molar-refractivity contribution in [3.63, 3.8) is 0 Å². The third-order valence-corrected chi connectivity index (χ3v) is 4.00. The van der Waals surface area contributed by atoms with Crippen molar-refractivity contribution in [1.29, 1.82) is 0 Å². The predicted octanol–water partition coefficient (Wildman–Crippen LogP) is 3.43. The minimum absolute atomic E-state index is 0.497. The van der Waals surface area contributed by atoms with Gasteiger partial charge in [0.2, 0.25) is 0 Å². The van der Waals surface area contributed by atoms with Crippen LogP contribution in [0.25, 0.3) is 0 Å². The first-order valence-corrected chi connectivity index (χ1v) is 6.23. The largest absolute Gasteiger partial charge is 0.299 e. The van der Waals surface area contributed by atoms with E-state index < -0.39 is 0 Å². The van der Waals surface area contributed by atoms with Crippen molar-refractivity contribution in [2.45, 2.75) is 52.4 Å². The summed E-state index contributed by atoms with van der Waals surface area (Å²) in [7, 11) is 0. The van der Waals surface area contributed by atoms with E-state index in [-0.39, 0.29) is 0 Å². The number of Topliss-reactive ketones (excluding diaryl/α,β-unsaturated/α-hetero) is 1. The molecule has 80 valence electrons. The van der Waals surface area contributed by atoms with Gasteiger partial charge in [-0.05, 0) is 37.0 Å². The van der Waals surface area contributed by atoms with Gasteiger partial charge in [-0.3, -0.25) is 4.79 Å². The zero-order chi connectivity index (χ0) is 10.1. The van der Waals surface area contributed by atoms with Gasteiger partial charge in [0.05, 0.1) is 0 Å². The summed E-state index contributed by atoms with van der Waals surface area (Å²) in [5.74, 6) is 3.37. The summed E-state index contributed by atoms with van der Waals surface area (Å²) in [6, 6.07) is 0. The van der Waals surface area contributed by atoms with Crippen LogP contribution >= 0.6 is 0 Å². The van der Waals surface area contributed by atoms with Crippen molar-refractivity contribution in [2.24, 2.45) is 23.7 Å². The molecule has 2 aliphatic carbocycles. The topological polar surface area (TPSA) is 17.1 Å². The minimum atomic E-state index is 0.497. The van der Waals surface area contributed by atoms with Gasteiger partial charge in [0.15, 0.2) is 0 Å². The van der Waals surface area contributed by atoms with Crippen LogP contribution in [0.3, 0.4) is 0 Å². The number of rotatable bonds is 4. The number of hydrogen-bond donors (Lipinski definition) is 0. The molecule has 1 heteroatoms. The highest BCUT2D eigenvalue weighted by molar-refractivity contribution is 5.84. The van der Waals surface area contributed by atoms with Crippen molar-refractivity contribution in [3.05, 3.63) is 0 Å². The van der Waals surface area contributed by atoms with Crippen LogP contribution in [0, 0.1) is 23.7 Å². The summed E-state index contributed by atoms with van der Waals surface area (Å²) >= 11 is 0. The van der Waals surface area contributed by atoms with E-state index in [0.717, 1.165) is 24.7 Å². The number of hydrogen-bond acceptors (Lipinski definition) is 1. The maximum absolute atomic E-state index is 11.9. The lowest BCUT2D eigenvalue weighted by Gasteiger charge is -2.04. The Kier molecular flexibility index (Phi) is 2.94. The summed E-state index contributed by atoms with van der Waals surface area (Å²) in [5, 5.41) is 0. The normalized spacial score (nSPS) is 35.5. The molecule has 1 nitrogen and oxygen atoms in total. The first-order valence-electron chi connectivity index (χ1n) is 6.23. The van der Waals surface area contributed by atoms with Crippen LogP contribution in [0.15, 0.2) is 0 Å². The lowest BCUT2D eigenvalue weighted by Crippen LogP contribution is -2.04. The van der Waals surface area contributed by atoms with E-state index in [1.54, 1.807) is 0 Å². The maximum atomic E-state index is 11.9. The van der Waals surface area contributed by atoms with Crippen molar-refractivity contribution in [2.75, 3.05) is 0 Å². The molecule has 0 radical (unpaired) electrons. The molecule has 2 saturated carbocycles. The number of carbonyl (C=O) groups is 1. The van der Waals surface area contributed by atoms with Crippen molar-refractivity contribution >= 4 is 5.78 Å². The van der Waals surface area contributed by atoms with Crippen molar-refractivity contribution in [3.8, 4) is 0 Å². The average molecular weight is 194 g/mol. The lowest BCUT2D eigenvalue weighted by atomic mass is 10.0. The highest BCUT2D eigenvalue weighted by atomic mass is 16.1. The van der Waals surface area contributed by atoms with E-state index >= 15 is 0 Å². The third kappa shape index (κ3) is 2.02. The second-order valence-corrected chi connectivity index (χ2v) is 5.54. The highest BCUT2D eigenvalue weighted by Crippen LogP contribution is 2.56. The Morgan fingerprint density at radius 1 is 1.21 bits per heavy atom. The van der Waals surface area contributed by atoms with Crippen LogP contribution in [-0.4, -0.2) is 5.78 Å². The Morgan fingerprint density at radius 2 is 1.79 bits per heavy atom. The molecule has 2 atom stereocenters. The van der Waals surface area contributed by atoms with Gasteiger partial charge in [0, 0.05) is 12.3 Å². The molecule has 0 aromatic heterocycles. The molecule has 0 heterocycles. The first-order chi connectivity index (χ1) is 6.70. The maximum Gasteiger partial charge on any atom is 0.136 e. The molecule has 0 spiro atoms. The van der Waals surface area contributed by atoms with Crippen LogP contribution in [0.5, 0.6) is 0 Å². The quantitative estimate of drug-likeness (QED) is 0.670. The highest BCUT2D eigenvalue weighted by Gasteiger charge is 2.53. The monoisotopic (exact) mass is 194 g/mol. The van der Waals surface area contributed by atoms with Crippen molar-refractivity contribution in [1.82, 2.24) is 0 Å². The Bertz CT molecular complexity index is 207. The van der Waals surface area contributed by atoms with E-state index in [1.165, 1.54) is 25.7 Å². The van der Waals surface area contributed by atoms with E-state index in [9.17, 15) is 4.79 Å². The Hall–Kier alpha value is -0.330. The molecular weight excluding hydrogens is 172 g/mol. The van der Waals surface area contributed by atoms with E-state index in [2.05, 4.69) is 13.8 Å². The molecule has 0 saturated heterocycles. The standard InChI is InChI=1S/C13H22O/c1-9(2)7-8-12(14)13-10-5-3-4-6-11(10)13/h9-11,13H,3-8H2,1-2H3. The summed E-state index contributed by atoms with van der Waals surface area (Å²) in [4.78, 5) is 11.9. The molecule has 0 amide bonds. The summed E-state index contributed by atoms with van der Waals surface area (Å²) < 4.78 is 0. The Morgan fingerprint density at radius 3 is 2.29 bits per heavy atom. The van der Waals surface area contributed by atoms with Crippen LogP contribution in [0.1, 0.15) is 52.4 Å². The molecule has 0 aliphatic heterocycles. The fourth-order valence-corrected chi connectivity index (χ4v) is 3.07. The zero-order valence-electron chi connectivity index (χ0n) is 9.46. The zero-order valence-corrected chi connectivity index (χ0v) is 9.46. The molecule has 0 N–H and O–H groups in total. The number of ketones is 1. The van der Waals surface area contributed by atoms with Crippen LogP contribution < -0.4 is 0 Å². The molecule has 2 fully saturated rings. The molecule has 2 aliphatic rings. The van der Waals surface area contributed by atoms with E-state index in [0.29, 0.717) is 17.6 Å². The van der Waals surface area contributed by atoms with E-state index in [1.807, 2.05) is 0 Å². The Balaban J connectivity index is 1.77. The van der Waals surface area contributed by atoms with Gasteiger partial charge >= 0.3 is 0 Å². The van der Waals surface area contributed by atoms with Gasteiger partial charge in [-0.1, -0.05) is 26.7 Å². The van der Waals surface area contributed by atoms with E-state index in [4.69, 9.17) is 0 Å². The smallest absolute Gasteiger partial charge is 0.136 e. The predicted molar refractivity (Wildman–Crippen MR) is 58.0 cm³/mol. The lowest BCUT2D eigenvalue weighted by molar-refractivity contribution is -0.121. The van der Waals surface area contributed by atoms with Gasteiger partial charge in [-0.25, -0.2) is 0 Å². The van der Waals surface area contributed by atoms with Crippen molar-refractivity contribution < 1.29 is 4.79 Å². The van der Waals surface area contributed by atoms with Crippen LogP contribution in [0.4, 0.5) is 0 Å². The van der Waals surface area contributed by atoms with Gasteiger partial charge in [0.1, 0.15) is 5.78 Å².